The minimum atomic E-state index is -2.79. The number of alkyl halides is 2. The fraction of sp³-hybridized carbons (Fsp3) is 0.523. The number of aliphatic carboxylic acids is 1. The number of para-hydroxylation sites is 1. The summed E-state index contributed by atoms with van der Waals surface area (Å²) in [5, 5.41) is 19.9. The molecule has 3 atom stereocenters. The van der Waals surface area contributed by atoms with Crippen molar-refractivity contribution in [2.75, 3.05) is 50.1 Å². The largest absolute Gasteiger partial charge is 0.481 e. The van der Waals surface area contributed by atoms with Gasteiger partial charge in [0.2, 0.25) is 5.91 Å². The molecule has 1 aromatic carbocycles. The number of morpholine rings is 1. The molecular weight excluding hydrogens is 833 g/mol. The number of rotatable bonds is 12. The van der Waals surface area contributed by atoms with Gasteiger partial charge in [0.1, 0.15) is 24.0 Å². The molecule has 1 saturated carbocycles. The number of benzene rings is 1. The molecule has 20 heteroatoms. The van der Waals surface area contributed by atoms with Crippen molar-refractivity contribution in [3.63, 3.8) is 0 Å². The molecule has 7 heterocycles. The maximum absolute atomic E-state index is 13.7. The second-order valence-corrected chi connectivity index (χ2v) is 16.9. The Hall–Kier alpha value is -6.17. The standard InChI is InChI=1S/C22H25F2N7O2.C22H28N4O5/c23-20(24)19-17(11-31(28-19)13-4-2-1-3-5-13)26-22(32)16-9-25-30-7-6-18(27-21(16)30)29-10-15-8-14(29)12-33-15;1-24-12-10-16(11-13-24)31-14-4-6-15-5-3-7-17-20(15)25(2)22(30)26(17)18(21(23)29)8-9-19(27)28/h6-7,9,11,13-15,20H,1-5,8,10,12H2,(H,26,32);3,5,7,16,18H,8-14H2,1-2H3,(H2,23,29)(H,27,28)/t14-,15?;/m1./s1. The third-order valence-electron chi connectivity index (χ3n) is 12.6. The molecule has 3 saturated heterocycles. The number of ether oxygens (including phenoxy) is 2. The number of carbonyl (C=O) groups excluding carboxylic acids is 2. The Kier molecular flexibility index (Phi) is 13.4. The summed E-state index contributed by atoms with van der Waals surface area (Å²) in [6.45, 7) is 3.75. The summed E-state index contributed by atoms with van der Waals surface area (Å²) < 4.78 is 44.7. The molecule has 0 radical (unpaired) electrons. The number of amides is 2. The van der Waals surface area contributed by atoms with Gasteiger partial charge in [-0.3, -0.25) is 28.2 Å². The number of carboxylic acids is 1. The Labute approximate surface area is 367 Å². The predicted octanol–water partition coefficient (Wildman–Crippen LogP) is 4.29. The molecule has 5 aromatic rings. The van der Waals surface area contributed by atoms with Crippen LogP contribution >= 0.6 is 0 Å². The molecule has 340 valence electrons. The van der Waals surface area contributed by atoms with E-state index in [0.717, 1.165) is 76.8 Å². The summed E-state index contributed by atoms with van der Waals surface area (Å²) in [5.41, 5.74) is 6.97. The van der Waals surface area contributed by atoms with Crippen LogP contribution in [0.3, 0.4) is 0 Å². The second kappa shape index (κ2) is 19.3. The van der Waals surface area contributed by atoms with E-state index in [0.29, 0.717) is 35.5 Å². The van der Waals surface area contributed by atoms with Crippen molar-refractivity contribution in [3.8, 4) is 11.8 Å². The van der Waals surface area contributed by atoms with Crippen LogP contribution in [0.5, 0.6) is 0 Å². The fourth-order valence-corrected chi connectivity index (χ4v) is 9.19. The number of nitrogens with one attached hydrogen (secondary N) is 1. The minimum absolute atomic E-state index is 0.0325. The number of fused-ring (bicyclic) bond motifs is 4. The average molecular weight is 886 g/mol. The predicted molar refractivity (Wildman–Crippen MR) is 231 cm³/mol. The summed E-state index contributed by atoms with van der Waals surface area (Å²) in [5.74, 6) is 4.50. The Morgan fingerprint density at radius 1 is 1.08 bits per heavy atom. The molecule has 2 bridgehead atoms. The Morgan fingerprint density at radius 3 is 2.55 bits per heavy atom. The van der Waals surface area contributed by atoms with Gasteiger partial charge >= 0.3 is 11.7 Å². The van der Waals surface area contributed by atoms with Crippen molar-refractivity contribution in [2.24, 2.45) is 12.8 Å². The lowest BCUT2D eigenvalue weighted by Crippen LogP contribution is -2.37. The van der Waals surface area contributed by atoms with E-state index in [2.05, 4.69) is 49.2 Å². The number of imidazole rings is 1. The van der Waals surface area contributed by atoms with Crippen LogP contribution in [0, 0.1) is 11.8 Å². The monoisotopic (exact) mass is 885 g/mol. The topological polar surface area (TPSA) is 209 Å². The van der Waals surface area contributed by atoms with E-state index in [1.807, 2.05) is 6.07 Å². The average Bonchev–Trinajstić information content (AvgIpc) is 4.14. The maximum atomic E-state index is 13.7. The number of primary amides is 1. The SMILES string of the molecule is CN1CCC(OCC#Cc2cccc3c2n(C)c(=O)n3C(CCC(=O)O)C(N)=O)CC1.O=C(Nc1cn(C2CCCCC2)nc1C(F)F)c1cnn2ccc(N3CC4C[C@@H]3CO4)nc12. The van der Waals surface area contributed by atoms with Crippen molar-refractivity contribution >= 4 is 46.0 Å². The van der Waals surface area contributed by atoms with Crippen molar-refractivity contribution in [1.29, 1.82) is 0 Å². The van der Waals surface area contributed by atoms with Gasteiger partial charge in [-0.1, -0.05) is 37.2 Å². The maximum Gasteiger partial charge on any atom is 0.329 e. The van der Waals surface area contributed by atoms with Crippen molar-refractivity contribution in [1.82, 2.24) is 38.4 Å². The van der Waals surface area contributed by atoms with E-state index in [4.69, 9.17) is 20.3 Å². The number of nitrogens with two attached hydrogens (primary N) is 1. The van der Waals surface area contributed by atoms with Crippen LogP contribution < -0.4 is 21.6 Å². The first-order chi connectivity index (χ1) is 30.9. The number of nitrogens with zero attached hydrogens (tertiary/aromatic N) is 9. The van der Waals surface area contributed by atoms with E-state index < -0.39 is 41.6 Å². The zero-order chi connectivity index (χ0) is 45.1. The summed E-state index contributed by atoms with van der Waals surface area (Å²) in [4.78, 5) is 58.1. The number of hydrogen-bond acceptors (Lipinski definition) is 11. The summed E-state index contributed by atoms with van der Waals surface area (Å²) in [6.07, 6.45) is 10.00. The van der Waals surface area contributed by atoms with Crippen LogP contribution in [0.4, 0.5) is 20.3 Å². The van der Waals surface area contributed by atoms with Crippen molar-refractivity contribution in [3.05, 3.63) is 70.2 Å². The molecule has 64 heavy (non-hydrogen) atoms. The third kappa shape index (κ3) is 9.51. The molecule has 4 fully saturated rings. The first kappa shape index (κ1) is 44.4. The Morgan fingerprint density at radius 2 is 1.86 bits per heavy atom. The van der Waals surface area contributed by atoms with Gasteiger partial charge in [0.25, 0.3) is 12.3 Å². The van der Waals surface area contributed by atoms with Gasteiger partial charge in [0.05, 0.1) is 59.4 Å². The first-order valence-electron chi connectivity index (χ1n) is 21.8. The van der Waals surface area contributed by atoms with Gasteiger partial charge < -0.3 is 35.4 Å². The molecule has 0 spiro atoms. The summed E-state index contributed by atoms with van der Waals surface area (Å²) in [7, 11) is 3.69. The molecule has 2 amide bonds. The van der Waals surface area contributed by atoms with Crippen LogP contribution in [-0.4, -0.2) is 119 Å². The highest BCUT2D eigenvalue weighted by Gasteiger charge is 2.40. The van der Waals surface area contributed by atoms with Gasteiger partial charge in [0, 0.05) is 45.5 Å². The zero-order valence-electron chi connectivity index (χ0n) is 35.9. The number of carboxylic acid groups (broad SMARTS) is 1. The highest BCUT2D eigenvalue weighted by atomic mass is 19.3. The fourth-order valence-electron chi connectivity index (χ4n) is 9.19. The van der Waals surface area contributed by atoms with E-state index in [1.165, 1.54) is 26.0 Å². The van der Waals surface area contributed by atoms with Crippen LogP contribution in [0.25, 0.3) is 16.7 Å². The summed E-state index contributed by atoms with van der Waals surface area (Å²) in [6, 6.07) is 6.43. The van der Waals surface area contributed by atoms with E-state index in [9.17, 15) is 28.0 Å². The number of anilines is 2. The van der Waals surface area contributed by atoms with Crippen LogP contribution in [-0.2, 0) is 26.1 Å². The summed E-state index contributed by atoms with van der Waals surface area (Å²) >= 11 is 0. The first-order valence-corrected chi connectivity index (χ1v) is 21.8. The van der Waals surface area contributed by atoms with Crippen LogP contribution in [0.2, 0.25) is 0 Å². The van der Waals surface area contributed by atoms with E-state index in [1.54, 1.807) is 36.1 Å². The molecule has 2 unspecified atom stereocenters. The highest BCUT2D eigenvalue weighted by molar-refractivity contribution is 6.08. The van der Waals surface area contributed by atoms with E-state index >= 15 is 0 Å². The number of halogens is 2. The molecule has 4 aliphatic rings. The van der Waals surface area contributed by atoms with Crippen molar-refractivity contribution < 1.29 is 37.7 Å². The minimum Gasteiger partial charge on any atom is -0.481 e. The van der Waals surface area contributed by atoms with Gasteiger partial charge in [-0.15, -0.1) is 0 Å². The van der Waals surface area contributed by atoms with Gasteiger partial charge in [-0.05, 0) is 63.8 Å². The smallest absolute Gasteiger partial charge is 0.329 e. The lowest BCUT2D eigenvalue weighted by molar-refractivity contribution is -0.137. The number of carbonyl (C=O) groups is 3. The number of aromatic nitrogens is 7. The molecule has 1 aliphatic carbocycles. The lowest BCUT2D eigenvalue weighted by Gasteiger charge is -2.28. The normalized spacial score (nSPS) is 19.7. The number of likely N-dealkylation sites (tertiary alicyclic amines) is 1. The number of piperidine rings is 1. The Bertz CT molecular complexity index is 2630. The molecule has 9 rings (SSSR count). The van der Waals surface area contributed by atoms with E-state index in [-0.39, 0.29) is 48.4 Å². The molecule has 3 aliphatic heterocycles. The third-order valence-corrected chi connectivity index (χ3v) is 12.6. The van der Waals surface area contributed by atoms with Crippen LogP contribution in [0.1, 0.15) is 104 Å². The Balaban J connectivity index is 0.000000176. The zero-order valence-corrected chi connectivity index (χ0v) is 35.9. The number of hydrogen-bond donors (Lipinski definition) is 3. The molecular formula is C44H53F2N11O7. The highest BCUT2D eigenvalue weighted by Crippen LogP contribution is 2.34. The van der Waals surface area contributed by atoms with Gasteiger partial charge in [-0.25, -0.2) is 23.1 Å². The van der Waals surface area contributed by atoms with Gasteiger partial charge in [0.15, 0.2) is 11.3 Å². The lowest BCUT2D eigenvalue weighted by atomic mass is 9.96. The molecule has 18 nitrogen and oxygen atoms in total. The van der Waals surface area contributed by atoms with Gasteiger partial charge in [-0.2, -0.15) is 10.2 Å². The second-order valence-electron chi connectivity index (χ2n) is 16.9. The molecule has 4 aromatic heterocycles. The van der Waals surface area contributed by atoms with Crippen LogP contribution in [0.15, 0.2) is 47.7 Å². The van der Waals surface area contributed by atoms with Crippen molar-refractivity contribution in [2.45, 2.75) is 101 Å². The quantitative estimate of drug-likeness (QED) is 0.150. The molecule has 4 N–H and O–H groups in total. The number of aryl methyl sites for hydroxylation is 1.